The molecule has 0 spiro atoms. The maximum Gasteiger partial charge on any atom is 0.232 e. The van der Waals surface area contributed by atoms with E-state index in [1.165, 1.54) is 5.56 Å². The van der Waals surface area contributed by atoms with Gasteiger partial charge in [-0.1, -0.05) is 23.8 Å². The number of rotatable bonds is 1. The average Bonchev–Trinajstić information content (AvgIpc) is 2.19. The first-order valence-corrected chi connectivity index (χ1v) is 4.25. The number of guanidine groups is 1. The summed E-state index contributed by atoms with van der Waals surface area (Å²) < 4.78 is 0. The summed E-state index contributed by atoms with van der Waals surface area (Å²) in [5.41, 5.74) is 12.9. The van der Waals surface area contributed by atoms with Gasteiger partial charge in [-0.15, -0.1) is 5.10 Å². The van der Waals surface area contributed by atoms with Crippen molar-refractivity contribution < 1.29 is 0 Å². The van der Waals surface area contributed by atoms with Crippen molar-refractivity contribution in [3.8, 4) is 0 Å². The highest BCUT2D eigenvalue weighted by atomic mass is 15.5. The van der Waals surface area contributed by atoms with E-state index >= 15 is 0 Å². The van der Waals surface area contributed by atoms with Crippen molar-refractivity contribution in [1.29, 1.82) is 0 Å². The van der Waals surface area contributed by atoms with Crippen LogP contribution in [-0.4, -0.2) is 11.8 Å². The van der Waals surface area contributed by atoms with Gasteiger partial charge in [0.2, 0.25) is 5.96 Å². The average molecular weight is 189 g/mol. The number of aryl methyl sites for hydroxylation is 1. The molecule has 72 valence electrons. The zero-order valence-corrected chi connectivity index (χ0v) is 7.78. The molecule has 2 rings (SSSR count). The second-order valence-corrected chi connectivity index (χ2v) is 3.05. The van der Waals surface area contributed by atoms with Crippen LogP contribution in [0.15, 0.2) is 34.5 Å². The molecule has 1 aliphatic heterocycles. The van der Waals surface area contributed by atoms with Crippen molar-refractivity contribution in [3.63, 3.8) is 0 Å². The van der Waals surface area contributed by atoms with Crippen LogP contribution >= 0.6 is 0 Å². The Morgan fingerprint density at radius 2 is 2.07 bits per heavy atom. The standard InChI is InChI=1S/C9H11N5/c1-6-3-2-4-7(5-6)8-11-13-9(10)14-12-8/h2-5H,1H3,(H,11,12)(H3,10,13,14). The fraction of sp³-hybridized carbons (Fsp3) is 0.111. The van der Waals surface area contributed by atoms with Crippen molar-refractivity contribution in [3.05, 3.63) is 35.4 Å². The molecule has 0 atom stereocenters. The van der Waals surface area contributed by atoms with Gasteiger partial charge in [-0.05, 0) is 13.0 Å². The van der Waals surface area contributed by atoms with Gasteiger partial charge in [0.05, 0.1) is 0 Å². The number of nitrogens with two attached hydrogens (primary N) is 1. The maximum absolute atomic E-state index is 5.37. The molecule has 14 heavy (non-hydrogen) atoms. The van der Waals surface area contributed by atoms with E-state index in [1.807, 2.05) is 31.2 Å². The summed E-state index contributed by atoms with van der Waals surface area (Å²) in [5, 5.41) is 7.84. The Labute approximate surface area is 81.7 Å². The Kier molecular flexibility index (Phi) is 2.06. The molecule has 0 unspecified atom stereocenters. The first kappa shape index (κ1) is 8.55. The minimum Gasteiger partial charge on any atom is -0.367 e. The minimum absolute atomic E-state index is 0.265. The van der Waals surface area contributed by atoms with Gasteiger partial charge in [-0.3, -0.25) is 5.43 Å². The summed E-state index contributed by atoms with van der Waals surface area (Å²) in [5.74, 6) is 0.935. The second kappa shape index (κ2) is 3.37. The van der Waals surface area contributed by atoms with Crippen LogP contribution in [0, 0.1) is 6.92 Å². The van der Waals surface area contributed by atoms with E-state index in [4.69, 9.17) is 5.73 Å². The van der Waals surface area contributed by atoms with Gasteiger partial charge in [0, 0.05) is 5.56 Å². The summed E-state index contributed by atoms with van der Waals surface area (Å²) in [7, 11) is 0. The third kappa shape index (κ3) is 1.66. The highest BCUT2D eigenvalue weighted by Crippen LogP contribution is 2.04. The number of hydrogen-bond donors (Lipinski definition) is 3. The van der Waals surface area contributed by atoms with Crippen molar-refractivity contribution >= 4 is 11.8 Å². The normalized spacial score (nSPS) is 14.9. The van der Waals surface area contributed by atoms with Gasteiger partial charge >= 0.3 is 0 Å². The van der Waals surface area contributed by atoms with Gasteiger partial charge in [-0.25, -0.2) is 5.43 Å². The molecule has 4 N–H and O–H groups in total. The smallest absolute Gasteiger partial charge is 0.232 e. The first-order chi connectivity index (χ1) is 6.75. The lowest BCUT2D eigenvalue weighted by atomic mass is 10.1. The fourth-order valence-electron chi connectivity index (χ4n) is 1.20. The Hall–Kier alpha value is -2.04. The summed E-state index contributed by atoms with van der Waals surface area (Å²) in [6.07, 6.45) is 0. The van der Waals surface area contributed by atoms with E-state index in [9.17, 15) is 0 Å². The number of hydrogen-bond acceptors (Lipinski definition) is 5. The topological polar surface area (TPSA) is 74.8 Å². The van der Waals surface area contributed by atoms with Crippen LogP contribution in [0.25, 0.3) is 0 Å². The number of amidine groups is 1. The summed E-state index contributed by atoms with van der Waals surface area (Å²) >= 11 is 0. The molecule has 1 aromatic carbocycles. The third-order valence-corrected chi connectivity index (χ3v) is 1.86. The van der Waals surface area contributed by atoms with Crippen LogP contribution < -0.4 is 16.6 Å². The van der Waals surface area contributed by atoms with E-state index in [1.54, 1.807) is 0 Å². The highest BCUT2D eigenvalue weighted by molar-refractivity contribution is 6.01. The number of nitrogens with zero attached hydrogens (tertiary/aromatic N) is 2. The predicted molar refractivity (Wildman–Crippen MR) is 55.6 cm³/mol. The zero-order chi connectivity index (χ0) is 9.97. The fourth-order valence-corrected chi connectivity index (χ4v) is 1.20. The highest BCUT2D eigenvalue weighted by Gasteiger charge is 2.06. The molecule has 0 amide bonds. The molecule has 1 aromatic rings. The Morgan fingerprint density at radius 1 is 1.21 bits per heavy atom. The molecule has 0 aliphatic carbocycles. The zero-order valence-electron chi connectivity index (χ0n) is 7.78. The molecule has 5 nitrogen and oxygen atoms in total. The second-order valence-electron chi connectivity index (χ2n) is 3.05. The molecular formula is C9H11N5. The summed E-state index contributed by atoms with van der Waals surface area (Å²) in [6.45, 7) is 2.03. The van der Waals surface area contributed by atoms with Gasteiger partial charge in [-0.2, -0.15) is 5.10 Å². The Morgan fingerprint density at radius 3 is 2.71 bits per heavy atom. The molecule has 0 saturated heterocycles. The maximum atomic E-state index is 5.37. The van der Waals surface area contributed by atoms with Gasteiger partial charge < -0.3 is 5.73 Å². The van der Waals surface area contributed by atoms with Crippen LogP contribution in [0.2, 0.25) is 0 Å². The van der Waals surface area contributed by atoms with Crippen LogP contribution in [0.4, 0.5) is 0 Å². The lowest BCUT2D eigenvalue weighted by Gasteiger charge is -2.12. The number of hydrazone groups is 2. The van der Waals surface area contributed by atoms with Crippen molar-refractivity contribution in [2.24, 2.45) is 15.9 Å². The van der Waals surface area contributed by atoms with E-state index in [-0.39, 0.29) is 5.96 Å². The molecule has 0 fully saturated rings. The first-order valence-electron chi connectivity index (χ1n) is 4.25. The molecule has 5 heteroatoms. The Balaban J connectivity index is 2.25. The number of nitrogens with one attached hydrogen (secondary N) is 2. The van der Waals surface area contributed by atoms with E-state index in [0.29, 0.717) is 5.84 Å². The lowest BCUT2D eigenvalue weighted by molar-refractivity contribution is 0.871. The van der Waals surface area contributed by atoms with Crippen molar-refractivity contribution in [1.82, 2.24) is 10.9 Å². The monoisotopic (exact) mass is 189 g/mol. The van der Waals surface area contributed by atoms with Gasteiger partial charge in [0.15, 0.2) is 5.84 Å². The minimum atomic E-state index is 0.265. The summed E-state index contributed by atoms with van der Waals surface area (Å²) in [6, 6.07) is 7.97. The molecule has 1 aliphatic rings. The van der Waals surface area contributed by atoms with Crippen LogP contribution in [0.5, 0.6) is 0 Å². The molecular weight excluding hydrogens is 178 g/mol. The van der Waals surface area contributed by atoms with E-state index in [2.05, 4.69) is 21.1 Å². The van der Waals surface area contributed by atoms with Crippen LogP contribution in [0.3, 0.4) is 0 Å². The Bertz CT molecular complexity index is 407. The molecule has 0 radical (unpaired) electrons. The van der Waals surface area contributed by atoms with E-state index < -0.39 is 0 Å². The molecule has 1 heterocycles. The molecule has 0 bridgehead atoms. The lowest BCUT2D eigenvalue weighted by Crippen LogP contribution is -2.38. The SMILES string of the molecule is Cc1cccc(C2=NNC(N)=NN2)c1. The van der Waals surface area contributed by atoms with Crippen LogP contribution in [-0.2, 0) is 0 Å². The quantitative estimate of drug-likeness (QED) is 0.585. The van der Waals surface area contributed by atoms with E-state index in [0.717, 1.165) is 5.56 Å². The number of benzene rings is 1. The van der Waals surface area contributed by atoms with Gasteiger partial charge in [0.25, 0.3) is 0 Å². The van der Waals surface area contributed by atoms with Crippen molar-refractivity contribution in [2.45, 2.75) is 6.92 Å². The molecule has 0 saturated carbocycles. The van der Waals surface area contributed by atoms with Gasteiger partial charge in [0.1, 0.15) is 0 Å². The van der Waals surface area contributed by atoms with Crippen molar-refractivity contribution in [2.75, 3.05) is 0 Å². The molecule has 0 aromatic heterocycles. The predicted octanol–water partition coefficient (Wildman–Crippen LogP) is 0.0791. The largest absolute Gasteiger partial charge is 0.367 e. The van der Waals surface area contributed by atoms with Crippen LogP contribution in [0.1, 0.15) is 11.1 Å². The summed E-state index contributed by atoms with van der Waals surface area (Å²) in [4.78, 5) is 0. The third-order valence-electron chi connectivity index (χ3n) is 1.86.